The zero-order valence-electron chi connectivity index (χ0n) is 15.0. The number of sulfonamides is 1. The summed E-state index contributed by atoms with van der Waals surface area (Å²) in [5.41, 5.74) is 1.30. The molecule has 7 heteroatoms. The third kappa shape index (κ3) is 5.15. The lowest BCUT2D eigenvalue weighted by atomic mass is 10.0. The SMILES string of the molecule is O=C(NC1CCN(S(=O)(=O)Cc2ccccc2)CC1)C(O)c1ccccc1. The molecule has 1 fully saturated rings. The molecule has 0 aromatic heterocycles. The molecule has 1 heterocycles. The fraction of sp³-hybridized carbons (Fsp3) is 0.350. The van der Waals surface area contributed by atoms with E-state index in [1.807, 2.05) is 24.3 Å². The molecule has 1 amide bonds. The molecule has 2 aromatic carbocycles. The van der Waals surface area contributed by atoms with E-state index in [1.165, 1.54) is 4.31 Å². The van der Waals surface area contributed by atoms with E-state index in [-0.39, 0.29) is 11.8 Å². The molecule has 0 aliphatic carbocycles. The summed E-state index contributed by atoms with van der Waals surface area (Å²) in [5, 5.41) is 13.0. The van der Waals surface area contributed by atoms with E-state index in [4.69, 9.17) is 0 Å². The second-order valence-electron chi connectivity index (χ2n) is 6.74. The predicted molar refractivity (Wildman–Crippen MR) is 103 cm³/mol. The Morgan fingerprint density at radius 3 is 2.19 bits per heavy atom. The van der Waals surface area contributed by atoms with Gasteiger partial charge in [0, 0.05) is 19.1 Å². The number of amides is 1. The normalized spacial score (nSPS) is 17.4. The van der Waals surface area contributed by atoms with Crippen molar-refractivity contribution in [3.8, 4) is 0 Å². The van der Waals surface area contributed by atoms with Crippen LogP contribution in [-0.4, -0.2) is 42.9 Å². The molecule has 1 aliphatic rings. The number of nitrogens with one attached hydrogen (secondary N) is 1. The monoisotopic (exact) mass is 388 g/mol. The number of aliphatic hydroxyl groups excluding tert-OH is 1. The van der Waals surface area contributed by atoms with Gasteiger partial charge in [-0.2, -0.15) is 0 Å². The lowest BCUT2D eigenvalue weighted by Crippen LogP contribution is -2.47. The van der Waals surface area contributed by atoms with Crippen LogP contribution in [0, 0.1) is 0 Å². The Kier molecular flexibility index (Phi) is 6.26. The molecule has 144 valence electrons. The first-order valence-corrected chi connectivity index (χ1v) is 10.6. The van der Waals surface area contributed by atoms with E-state index in [9.17, 15) is 18.3 Å². The number of rotatable bonds is 6. The molecule has 1 unspecified atom stereocenters. The minimum absolute atomic E-state index is 0.0163. The summed E-state index contributed by atoms with van der Waals surface area (Å²) in [4.78, 5) is 12.2. The number of aliphatic hydroxyl groups is 1. The molecule has 1 saturated heterocycles. The number of hydrogen-bond donors (Lipinski definition) is 2. The van der Waals surface area contributed by atoms with Gasteiger partial charge in [0.25, 0.3) is 5.91 Å². The standard InChI is InChI=1S/C20H24N2O4S/c23-19(17-9-5-2-6-10-17)20(24)21-18-11-13-22(14-12-18)27(25,26)15-16-7-3-1-4-8-16/h1-10,18-19,23H,11-15H2,(H,21,24). The predicted octanol–water partition coefficient (Wildman–Crippen LogP) is 1.83. The average Bonchev–Trinajstić information content (AvgIpc) is 2.69. The minimum atomic E-state index is -3.38. The van der Waals surface area contributed by atoms with Crippen LogP contribution in [0.15, 0.2) is 60.7 Å². The van der Waals surface area contributed by atoms with Crippen molar-refractivity contribution in [2.24, 2.45) is 0 Å². The number of carbonyl (C=O) groups excluding carboxylic acids is 1. The molecular formula is C20H24N2O4S. The van der Waals surface area contributed by atoms with Crippen molar-refractivity contribution in [3.63, 3.8) is 0 Å². The summed E-state index contributed by atoms with van der Waals surface area (Å²) in [5.74, 6) is -0.468. The number of hydrogen-bond acceptors (Lipinski definition) is 4. The highest BCUT2D eigenvalue weighted by atomic mass is 32.2. The molecule has 2 N–H and O–H groups in total. The quantitative estimate of drug-likeness (QED) is 0.790. The molecule has 27 heavy (non-hydrogen) atoms. The van der Waals surface area contributed by atoms with Crippen molar-refractivity contribution in [2.75, 3.05) is 13.1 Å². The fourth-order valence-corrected chi connectivity index (χ4v) is 4.78. The van der Waals surface area contributed by atoms with Crippen LogP contribution in [0.3, 0.4) is 0 Å². The maximum atomic E-state index is 12.6. The maximum Gasteiger partial charge on any atom is 0.253 e. The van der Waals surface area contributed by atoms with Crippen LogP contribution >= 0.6 is 0 Å². The first-order valence-electron chi connectivity index (χ1n) is 9.01. The van der Waals surface area contributed by atoms with Crippen LogP contribution in [0.4, 0.5) is 0 Å². The molecule has 3 rings (SSSR count). The average molecular weight is 388 g/mol. The van der Waals surface area contributed by atoms with Gasteiger partial charge in [-0.05, 0) is 24.0 Å². The van der Waals surface area contributed by atoms with Crippen LogP contribution in [0.2, 0.25) is 0 Å². The van der Waals surface area contributed by atoms with Gasteiger partial charge in [0.1, 0.15) is 0 Å². The highest BCUT2D eigenvalue weighted by Gasteiger charge is 2.29. The van der Waals surface area contributed by atoms with E-state index in [2.05, 4.69) is 5.32 Å². The van der Waals surface area contributed by atoms with Crippen LogP contribution in [0.1, 0.15) is 30.1 Å². The summed E-state index contributed by atoms with van der Waals surface area (Å²) in [6.07, 6.45) is -0.159. The zero-order valence-corrected chi connectivity index (χ0v) is 15.8. The minimum Gasteiger partial charge on any atom is -0.378 e. The molecule has 0 spiro atoms. The van der Waals surface area contributed by atoms with E-state index < -0.39 is 22.0 Å². The Hall–Kier alpha value is -2.22. The van der Waals surface area contributed by atoms with E-state index >= 15 is 0 Å². The van der Waals surface area contributed by atoms with Crippen molar-refractivity contribution in [1.29, 1.82) is 0 Å². The van der Waals surface area contributed by atoms with Gasteiger partial charge in [-0.15, -0.1) is 0 Å². The van der Waals surface area contributed by atoms with Gasteiger partial charge >= 0.3 is 0 Å². The lowest BCUT2D eigenvalue weighted by molar-refractivity contribution is -0.130. The maximum absolute atomic E-state index is 12.6. The molecule has 0 radical (unpaired) electrons. The highest BCUT2D eigenvalue weighted by molar-refractivity contribution is 7.88. The second kappa shape index (κ2) is 8.65. The molecule has 1 aliphatic heterocycles. The van der Waals surface area contributed by atoms with Gasteiger partial charge in [-0.1, -0.05) is 60.7 Å². The smallest absolute Gasteiger partial charge is 0.253 e. The molecule has 0 saturated carbocycles. The Morgan fingerprint density at radius 1 is 1.04 bits per heavy atom. The topological polar surface area (TPSA) is 86.7 Å². The Balaban J connectivity index is 1.52. The van der Waals surface area contributed by atoms with Crippen molar-refractivity contribution in [3.05, 3.63) is 71.8 Å². The summed E-state index contributed by atoms with van der Waals surface area (Å²) < 4.78 is 26.6. The summed E-state index contributed by atoms with van der Waals surface area (Å²) in [6, 6.07) is 17.7. The number of nitrogens with zero attached hydrogens (tertiary/aromatic N) is 1. The lowest BCUT2D eigenvalue weighted by Gasteiger charge is -2.32. The number of benzene rings is 2. The number of carbonyl (C=O) groups is 1. The molecule has 6 nitrogen and oxygen atoms in total. The van der Waals surface area contributed by atoms with Crippen LogP contribution in [-0.2, 0) is 20.6 Å². The van der Waals surface area contributed by atoms with E-state index in [1.54, 1.807) is 36.4 Å². The molecule has 0 bridgehead atoms. The number of piperidine rings is 1. The van der Waals surface area contributed by atoms with Gasteiger partial charge in [0.15, 0.2) is 6.10 Å². The fourth-order valence-electron chi connectivity index (χ4n) is 3.22. The molecular weight excluding hydrogens is 364 g/mol. The first-order chi connectivity index (χ1) is 13.0. The molecule has 1 atom stereocenters. The van der Waals surface area contributed by atoms with Gasteiger partial charge < -0.3 is 10.4 Å². The van der Waals surface area contributed by atoms with Crippen molar-refractivity contribution in [1.82, 2.24) is 9.62 Å². The van der Waals surface area contributed by atoms with Gasteiger partial charge in [0.05, 0.1) is 5.75 Å². The largest absolute Gasteiger partial charge is 0.378 e. The van der Waals surface area contributed by atoms with E-state index in [0.29, 0.717) is 31.5 Å². The second-order valence-corrected chi connectivity index (χ2v) is 8.71. The summed E-state index contributed by atoms with van der Waals surface area (Å²) in [7, 11) is -3.38. The Labute approximate surface area is 159 Å². The van der Waals surface area contributed by atoms with Crippen molar-refractivity contribution >= 4 is 15.9 Å². The van der Waals surface area contributed by atoms with Gasteiger partial charge in [-0.3, -0.25) is 4.79 Å². The van der Waals surface area contributed by atoms with Gasteiger partial charge in [-0.25, -0.2) is 12.7 Å². The van der Waals surface area contributed by atoms with Crippen LogP contribution in [0.25, 0.3) is 0 Å². The van der Waals surface area contributed by atoms with Crippen molar-refractivity contribution < 1.29 is 18.3 Å². The molecule has 2 aromatic rings. The Bertz CT molecular complexity index is 848. The summed E-state index contributed by atoms with van der Waals surface area (Å²) >= 11 is 0. The zero-order chi connectivity index (χ0) is 19.3. The van der Waals surface area contributed by atoms with E-state index in [0.717, 1.165) is 5.56 Å². The van der Waals surface area contributed by atoms with Crippen molar-refractivity contribution in [2.45, 2.75) is 30.7 Å². The van der Waals surface area contributed by atoms with Crippen LogP contribution < -0.4 is 5.32 Å². The third-order valence-electron chi connectivity index (χ3n) is 4.75. The first kappa shape index (κ1) is 19.5. The van der Waals surface area contributed by atoms with Crippen LogP contribution in [0.5, 0.6) is 0 Å². The summed E-state index contributed by atoms with van der Waals surface area (Å²) in [6.45, 7) is 0.725. The highest BCUT2D eigenvalue weighted by Crippen LogP contribution is 2.19. The third-order valence-corrected chi connectivity index (χ3v) is 6.60. The Morgan fingerprint density at radius 2 is 1.59 bits per heavy atom. The van der Waals surface area contributed by atoms with Gasteiger partial charge in [0.2, 0.25) is 10.0 Å².